The highest BCUT2D eigenvalue weighted by molar-refractivity contribution is 5.60. The first-order chi connectivity index (χ1) is 7.47. The Hall–Kier alpha value is -1.76. The van der Waals surface area contributed by atoms with Crippen molar-refractivity contribution in [2.75, 3.05) is 17.6 Å². The van der Waals surface area contributed by atoms with E-state index in [-0.39, 0.29) is 18.1 Å². The van der Waals surface area contributed by atoms with Gasteiger partial charge in [0.2, 0.25) is 0 Å². The van der Waals surface area contributed by atoms with Crippen LogP contribution in [0.2, 0.25) is 0 Å². The number of anilines is 2. The largest absolute Gasteiger partial charge is 0.391 e. The summed E-state index contributed by atoms with van der Waals surface area (Å²) in [5, 5.41) is 12.1. The van der Waals surface area contributed by atoms with Gasteiger partial charge in [-0.15, -0.1) is 0 Å². The van der Waals surface area contributed by atoms with Crippen LogP contribution in [0.15, 0.2) is 9.59 Å². The first-order valence-corrected chi connectivity index (χ1v) is 4.98. The quantitative estimate of drug-likeness (QED) is 0.519. The number of aromatic amines is 1. The Morgan fingerprint density at radius 3 is 2.75 bits per heavy atom. The van der Waals surface area contributed by atoms with Crippen molar-refractivity contribution < 1.29 is 5.11 Å². The Labute approximate surface area is 91.9 Å². The zero-order valence-electron chi connectivity index (χ0n) is 9.28. The van der Waals surface area contributed by atoms with E-state index in [1.807, 2.05) is 6.92 Å². The highest BCUT2D eigenvalue weighted by Gasteiger charge is 2.10. The molecule has 1 aromatic rings. The molecular formula is C9H16N4O3. The summed E-state index contributed by atoms with van der Waals surface area (Å²) >= 11 is 0. The molecule has 0 saturated carbocycles. The van der Waals surface area contributed by atoms with Crippen molar-refractivity contribution in [1.29, 1.82) is 0 Å². The van der Waals surface area contributed by atoms with Crippen molar-refractivity contribution in [3.63, 3.8) is 0 Å². The molecule has 1 unspecified atom stereocenters. The third-order valence-corrected chi connectivity index (χ3v) is 2.36. The van der Waals surface area contributed by atoms with Crippen molar-refractivity contribution in [3.05, 3.63) is 20.8 Å². The van der Waals surface area contributed by atoms with Crippen LogP contribution >= 0.6 is 0 Å². The van der Waals surface area contributed by atoms with E-state index in [0.717, 1.165) is 4.57 Å². The van der Waals surface area contributed by atoms with Gasteiger partial charge in [-0.2, -0.15) is 0 Å². The number of nitrogen functional groups attached to an aromatic ring is 1. The van der Waals surface area contributed by atoms with Gasteiger partial charge in [0.1, 0.15) is 11.5 Å². The standard InChI is InChI=1S/C9H16N4O3/c1-3-5(14)4-11-6-7(10)13(2)9(16)12-8(6)15/h5,11,14H,3-4,10H2,1-2H3,(H,12,15,16). The smallest absolute Gasteiger partial charge is 0.329 e. The summed E-state index contributed by atoms with van der Waals surface area (Å²) in [6, 6.07) is 0. The second-order valence-electron chi connectivity index (χ2n) is 3.52. The number of aromatic nitrogens is 2. The Morgan fingerprint density at radius 2 is 2.19 bits per heavy atom. The van der Waals surface area contributed by atoms with Crippen LogP contribution in [0.5, 0.6) is 0 Å². The van der Waals surface area contributed by atoms with E-state index in [0.29, 0.717) is 6.42 Å². The van der Waals surface area contributed by atoms with E-state index < -0.39 is 17.4 Å². The predicted molar refractivity (Wildman–Crippen MR) is 61.5 cm³/mol. The molecule has 0 aliphatic heterocycles. The number of nitrogens with zero attached hydrogens (tertiary/aromatic N) is 1. The monoisotopic (exact) mass is 228 g/mol. The normalized spacial score (nSPS) is 12.4. The van der Waals surface area contributed by atoms with E-state index in [9.17, 15) is 14.7 Å². The maximum atomic E-state index is 11.4. The molecule has 0 radical (unpaired) electrons. The number of aliphatic hydroxyl groups excluding tert-OH is 1. The van der Waals surface area contributed by atoms with Crippen LogP contribution in [0, 0.1) is 0 Å². The fraction of sp³-hybridized carbons (Fsp3) is 0.556. The van der Waals surface area contributed by atoms with Gasteiger partial charge in [0.25, 0.3) is 5.56 Å². The van der Waals surface area contributed by atoms with Crippen molar-refractivity contribution in [1.82, 2.24) is 9.55 Å². The first-order valence-electron chi connectivity index (χ1n) is 4.98. The van der Waals surface area contributed by atoms with Gasteiger partial charge in [-0.3, -0.25) is 14.3 Å². The fourth-order valence-electron chi connectivity index (χ4n) is 1.17. The van der Waals surface area contributed by atoms with E-state index in [1.165, 1.54) is 7.05 Å². The van der Waals surface area contributed by atoms with Gasteiger partial charge in [0.15, 0.2) is 0 Å². The minimum atomic E-state index is -0.580. The van der Waals surface area contributed by atoms with Gasteiger partial charge in [0.05, 0.1) is 6.10 Å². The molecule has 90 valence electrons. The Kier molecular flexibility index (Phi) is 3.73. The predicted octanol–water partition coefficient (Wildman–Crippen LogP) is -1.16. The second-order valence-corrected chi connectivity index (χ2v) is 3.52. The molecule has 0 aliphatic rings. The molecule has 1 heterocycles. The highest BCUT2D eigenvalue weighted by Crippen LogP contribution is 2.08. The van der Waals surface area contributed by atoms with Gasteiger partial charge in [-0.05, 0) is 6.42 Å². The molecule has 1 aromatic heterocycles. The zero-order chi connectivity index (χ0) is 12.3. The van der Waals surface area contributed by atoms with Crippen LogP contribution < -0.4 is 22.3 Å². The summed E-state index contributed by atoms with van der Waals surface area (Å²) in [6.45, 7) is 2.03. The lowest BCUT2D eigenvalue weighted by molar-refractivity contribution is 0.183. The molecule has 1 rings (SSSR count). The number of nitrogens with one attached hydrogen (secondary N) is 2. The molecule has 0 spiro atoms. The summed E-state index contributed by atoms with van der Waals surface area (Å²) in [6.07, 6.45) is 0.00682. The topological polar surface area (TPSA) is 113 Å². The average molecular weight is 228 g/mol. The Morgan fingerprint density at radius 1 is 1.56 bits per heavy atom. The number of hydrogen-bond donors (Lipinski definition) is 4. The van der Waals surface area contributed by atoms with Gasteiger partial charge in [-0.25, -0.2) is 4.79 Å². The molecule has 0 saturated heterocycles. The van der Waals surface area contributed by atoms with Crippen LogP contribution in [0.4, 0.5) is 11.5 Å². The highest BCUT2D eigenvalue weighted by atomic mass is 16.3. The van der Waals surface area contributed by atoms with Gasteiger partial charge >= 0.3 is 5.69 Å². The third kappa shape index (κ3) is 2.43. The lowest BCUT2D eigenvalue weighted by Crippen LogP contribution is -2.33. The third-order valence-electron chi connectivity index (χ3n) is 2.36. The van der Waals surface area contributed by atoms with E-state index in [4.69, 9.17) is 5.73 Å². The lowest BCUT2D eigenvalue weighted by atomic mass is 10.3. The van der Waals surface area contributed by atoms with Crippen molar-refractivity contribution in [2.45, 2.75) is 19.4 Å². The molecule has 7 nitrogen and oxygen atoms in total. The van der Waals surface area contributed by atoms with Crippen molar-refractivity contribution in [2.24, 2.45) is 7.05 Å². The first kappa shape index (κ1) is 12.3. The van der Waals surface area contributed by atoms with Gasteiger partial charge < -0.3 is 16.2 Å². The SMILES string of the molecule is CCC(O)CNc1c(N)n(C)c(=O)[nH]c1=O. The fourth-order valence-corrected chi connectivity index (χ4v) is 1.17. The van der Waals surface area contributed by atoms with Crippen LogP contribution in [0.25, 0.3) is 0 Å². The molecule has 5 N–H and O–H groups in total. The van der Waals surface area contributed by atoms with E-state index in [2.05, 4.69) is 10.3 Å². The summed E-state index contributed by atoms with van der Waals surface area (Å²) in [4.78, 5) is 24.7. The Balaban J connectivity index is 3.01. The molecule has 0 bridgehead atoms. The maximum Gasteiger partial charge on any atom is 0.329 e. The zero-order valence-corrected chi connectivity index (χ0v) is 9.28. The summed E-state index contributed by atoms with van der Waals surface area (Å²) in [7, 11) is 1.45. The maximum absolute atomic E-state index is 11.4. The Bertz CT molecular complexity index is 477. The lowest BCUT2D eigenvalue weighted by Gasteiger charge is -2.13. The van der Waals surface area contributed by atoms with E-state index in [1.54, 1.807) is 0 Å². The van der Waals surface area contributed by atoms with Crippen LogP contribution in [-0.2, 0) is 7.05 Å². The molecule has 7 heteroatoms. The van der Waals surface area contributed by atoms with Gasteiger partial charge in [-0.1, -0.05) is 6.92 Å². The summed E-state index contributed by atoms with van der Waals surface area (Å²) in [5.41, 5.74) is 4.57. The average Bonchev–Trinajstić information content (AvgIpc) is 2.25. The molecule has 16 heavy (non-hydrogen) atoms. The minimum Gasteiger partial charge on any atom is -0.391 e. The van der Waals surface area contributed by atoms with Crippen molar-refractivity contribution >= 4 is 11.5 Å². The molecule has 0 fully saturated rings. The number of hydrogen-bond acceptors (Lipinski definition) is 5. The second kappa shape index (κ2) is 4.84. The van der Waals surface area contributed by atoms with Crippen LogP contribution in [0.1, 0.15) is 13.3 Å². The molecule has 1 atom stereocenters. The number of aliphatic hydroxyl groups is 1. The van der Waals surface area contributed by atoms with Gasteiger partial charge in [0, 0.05) is 13.6 Å². The minimum absolute atomic E-state index is 0.0528. The number of nitrogens with two attached hydrogens (primary N) is 1. The number of rotatable bonds is 4. The molecular weight excluding hydrogens is 212 g/mol. The van der Waals surface area contributed by atoms with Crippen LogP contribution in [0.3, 0.4) is 0 Å². The van der Waals surface area contributed by atoms with Crippen molar-refractivity contribution in [3.8, 4) is 0 Å². The molecule has 0 amide bonds. The summed E-state index contributed by atoms with van der Waals surface area (Å²) in [5.74, 6) is 0.0528. The van der Waals surface area contributed by atoms with Crippen LogP contribution in [-0.4, -0.2) is 27.3 Å². The molecule has 0 aliphatic carbocycles. The number of H-pyrrole nitrogens is 1. The van der Waals surface area contributed by atoms with E-state index >= 15 is 0 Å². The summed E-state index contributed by atoms with van der Waals surface area (Å²) < 4.78 is 1.13. The molecule has 0 aromatic carbocycles.